The van der Waals surface area contributed by atoms with Crippen LogP contribution in [0.3, 0.4) is 0 Å². The normalized spacial score (nSPS) is 16.5. The van der Waals surface area contributed by atoms with E-state index in [9.17, 15) is 0 Å². The lowest BCUT2D eigenvalue weighted by molar-refractivity contribution is 0.228. The maximum absolute atomic E-state index is 4.08. The van der Waals surface area contributed by atoms with E-state index in [1.807, 2.05) is 0 Å². The van der Waals surface area contributed by atoms with Crippen molar-refractivity contribution in [2.45, 2.75) is 59.8 Å². The Morgan fingerprint density at radius 3 is 2.25 bits per heavy atom. The van der Waals surface area contributed by atoms with Crippen LogP contribution in [0.1, 0.15) is 59.8 Å². The molecule has 0 aromatic heterocycles. The smallest absolute Gasteiger partial charge is 0.0326 e. The van der Waals surface area contributed by atoms with Crippen molar-refractivity contribution in [3.63, 3.8) is 0 Å². The van der Waals surface area contributed by atoms with Crippen LogP contribution in [0.2, 0.25) is 0 Å². The Balaban J connectivity index is 3.86. The second-order valence-electron chi connectivity index (χ2n) is 4.58. The first-order valence-electron chi connectivity index (χ1n) is 5.37. The van der Waals surface area contributed by atoms with Crippen molar-refractivity contribution in [2.24, 2.45) is 11.3 Å². The summed E-state index contributed by atoms with van der Waals surface area (Å²) in [6.45, 7) is 13.3. The zero-order valence-electron chi connectivity index (χ0n) is 9.32. The van der Waals surface area contributed by atoms with Crippen LogP contribution in [-0.2, 0) is 0 Å². The van der Waals surface area contributed by atoms with Crippen LogP contribution in [0.25, 0.3) is 0 Å². The van der Waals surface area contributed by atoms with Gasteiger partial charge in [0, 0.05) is 0 Å². The lowest BCUT2D eigenvalue weighted by Gasteiger charge is -2.30. The molecule has 0 fully saturated rings. The number of rotatable bonds is 6. The van der Waals surface area contributed by atoms with E-state index in [4.69, 9.17) is 0 Å². The van der Waals surface area contributed by atoms with E-state index >= 15 is 0 Å². The molecule has 2 unspecified atom stereocenters. The first-order valence-corrected chi connectivity index (χ1v) is 5.37. The summed E-state index contributed by atoms with van der Waals surface area (Å²) >= 11 is 0. The summed E-state index contributed by atoms with van der Waals surface area (Å²) in [7, 11) is 0. The molecule has 0 nitrogen and oxygen atoms in total. The monoisotopic (exact) mass is 169 g/mol. The van der Waals surface area contributed by atoms with Crippen molar-refractivity contribution in [1.29, 1.82) is 0 Å². The summed E-state index contributed by atoms with van der Waals surface area (Å²) in [5, 5.41) is 0. The highest BCUT2D eigenvalue weighted by molar-refractivity contribution is 4.75. The molecule has 0 heterocycles. The molecule has 0 heteroatoms. The van der Waals surface area contributed by atoms with E-state index in [0.29, 0.717) is 11.3 Å². The summed E-state index contributed by atoms with van der Waals surface area (Å²) in [5.74, 6) is 0.604. The minimum Gasteiger partial charge on any atom is -0.0654 e. The third kappa shape index (κ3) is 4.79. The maximum Gasteiger partial charge on any atom is -0.0326 e. The zero-order valence-corrected chi connectivity index (χ0v) is 9.32. The second kappa shape index (κ2) is 5.61. The fraction of sp³-hybridized carbons (Fsp3) is 0.917. The van der Waals surface area contributed by atoms with Crippen molar-refractivity contribution in [3.05, 3.63) is 6.92 Å². The quantitative estimate of drug-likeness (QED) is 0.551. The molecule has 0 amide bonds. The summed E-state index contributed by atoms with van der Waals surface area (Å²) in [5.41, 5.74) is 0.553. The molecule has 1 radical (unpaired) electrons. The van der Waals surface area contributed by atoms with E-state index < -0.39 is 0 Å². The molecule has 0 N–H and O–H groups in total. The summed E-state index contributed by atoms with van der Waals surface area (Å²) in [6.07, 6.45) is 6.65. The van der Waals surface area contributed by atoms with Crippen molar-refractivity contribution in [2.75, 3.05) is 0 Å². The SMILES string of the molecule is [CH2]C(C)CC(C)(CC)CCCC. The topological polar surface area (TPSA) is 0 Å². The average Bonchev–Trinajstić information content (AvgIpc) is 2.00. The third-order valence-electron chi connectivity index (χ3n) is 2.83. The van der Waals surface area contributed by atoms with Crippen molar-refractivity contribution in [1.82, 2.24) is 0 Å². The molecule has 0 aromatic rings. The van der Waals surface area contributed by atoms with Gasteiger partial charge in [0.2, 0.25) is 0 Å². The van der Waals surface area contributed by atoms with Gasteiger partial charge >= 0.3 is 0 Å². The van der Waals surface area contributed by atoms with Crippen LogP contribution >= 0.6 is 0 Å². The van der Waals surface area contributed by atoms with Gasteiger partial charge in [-0.15, -0.1) is 0 Å². The minimum atomic E-state index is 0.553. The summed E-state index contributed by atoms with van der Waals surface area (Å²) in [6, 6.07) is 0. The molecule has 0 saturated heterocycles. The third-order valence-corrected chi connectivity index (χ3v) is 2.83. The summed E-state index contributed by atoms with van der Waals surface area (Å²) < 4.78 is 0. The van der Waals surface area contributed by atoms with Crippen LogP contribution in [0.5, 0.6) is 0 Å². The second-order valence-corrected chi connectivity index (χ2v) is 4.58. The Labute approximate surface area is 78.8 Å². The molecular weight excluding hydrogens is 144 g/mol. The van der Waals surface area contributed by atoms with Crippen molar-refractivity contribution >= 4 is 0 Å². The lowest BCUT2D eigenvalue weighted by Crippen LogP contribution is -2.17. The molecule has 0 bridgehead atoms. The van der Waals surface area contributed by atoms with Gasteiger partial charge in [-0.2, -0.15) is 0 Å². The first kappa shape index (κ1) is 12.0. The van der Waals surface area contributed by atoms with E-state index in [-0.39, 0.29) is 0 Å². The van der Waals surface area contributed by atoms with Gasteiger partial charge in [0.15, 0.2) is 0 Å². The molecular formula is C12H25. The van der Waals surface area contributed by atoms with Gasteiger partial charge in [-0.1, -0.05) is 53.9 Å². The lowest BCUT2D eigenvalue weighted by atomic mass is 9.76. The zero-order chi connectivity index (χ0) is 9.61. The molecule has 0 saturated carbocycles. The summed E-state index contributed by atoms with van der Waals surface area (Å²) in [4.78, 5) is 0. The molecule has 0 spiro atoms. The van der Waals surface area contributed by atoms with Gasteiger partial charge in [0.05, 0.1) is 0 Å². The van der Waals surface area contributed by atoms with Crippen LogP contribution in [0.4, 0.5) is 0 Å². The molecule has 0 aliphatic heterocycles. The largest absolute Gasteiger partial charge is 0.0654 e. The van der Waals surface area contributed by atoms with Gasteiger partial charge in [-0.3, -0.25) is 0 Å². The highest BCUT2D eigenvalue weighted by Gasteiger charge is 2.22. The number of unbranched alkanes of at least 4 members (excludes halogenated alkanes) is 1. The fourth-order valence-corrected chi connectivity index (χ4v) is 1.87. The molecule has 0 rings (SSSR count). The molecule has 0 aromatic carbocycles. The standard InChI is InChI=1S/C12H25/c1-6-8-9-12(5,7-2)10-11(3)4/h11H,3,6-10H2,1-2,4-5H3. The first-order chi connectivity index (χ1) is 5.54. The predicted octanol–water partition coefficient (Wildman–Crippen LogP) is 4.45. The minimum absolute atomic E-state index is 0.553. The van der Waals surface area contributed by atoms with Crippen LogP contribution in [-0.4, -0.2) is 0 Å². The fourth-order valence-electron chi connectivity index (χ4n) is 1.87. The Bertz CT molecular complexity index is 105. The van der Waals surface area contributed by atoms with Crippen LogP contribution in [0, 0.1) is 18.3 Å². The molecule has 0 aliphatic carbocycles. The van der Waals surface area contributed by atoms with E-state index in [1.165, 1.54) is 32.1 Å². The van der Waals surface area contributed by atoms with Crippen molar-refractivity contribution in [3.8, 4) is 0 Å². The molecule has 73 valence electrons. The Morgan fingerprint density at radius 1 is 1.33 bits per heavy atom. The van der Waals surface area contributed by atoms with E-state index in [1.54, 1.807) is 0 Å². The Hall–Kier alpha value is 0. The van der Waals surface area contributed by atoms with Gasteiger partial charge in [0.1, 0.15) is 0 Å². The number of hydrogen-bond acceptors (Lipinski definition) is 0. The van der Waals surface area contributed by atoms with Crippen molar-refractivity contribution < 1.29 is 0 Å². The van der Waals surface area contributed by atoms with Gasteiger partial charge in [0.25, 0.3) is 0 Å². The van der Waals surface area contributed by atoms with Gasteiger partial charge < -0.3 is 0 Å². The van der Waals surface area contributed by atoms with Gasteiger partial charge in [-0.05, 0) is 24.2 Å². The number of hydrogen-bond donors (Lipinski definition) is 0. The molecule has 12 heavy (non-hydrogen) atoms. The van der Waals surface area contributed by atoms with E-state index in [0.717, 1.165) is 0 Å². The predicted molar refractivity (Wildman–Crippen MR) is 57.1 cm³/mol. The Kier molecular flexibility index (Phi) is 5.61. The van der Waals surface area contributed by atoms with Crippen LogP contribution < -0.4 is 0 Å². The van der Waals surface area contributed by atoms with E-state index in [2.05, 4.69) is 34.6 Å². The maximum atomic E-state index is 4.08. The highest BCUT2D eigenvalue weighted by atomic mass is 14.3. The van der Waals surface area contributed by atoms with Crippen LogP contribution in [0.15, 0.2) is 0 Å². The Morgan fingerprint density at radius 2 is 1.92 bits per heavy atom. The molecule has 0 aliphatic rings. The average molecular weight is 169 g/mol. The highest BCUT2D eigenvalue weighted by Crippen LogP contribution is 2.34. The van der Waals surface area contributed by atoms with Gasteiger partial charge in [-0.25, -0.2) is 0 Å². The molecule has 2 atom stereocenters.